The summed E-state index contributed by atoms with van der Waals surface area (Å²) in [4.78, 5) is 0. The SMILES string of the molecule is C=C(C)C/C(C)=C\CCCC. The van der Waals surface area contributed by atoms with Crippen LogP contribution in [0.3, 0.4) is 0 Å². The van der Waals surface area contributed by atoms with E-state index in [1.54, 1.807) is 0 Å². The lowest BCUT2D eigenvalue weighted by atomic mass is 10.1. The van der Waals surface area contributed by atoms with Crippen molar-refractivity contribution in [2.75, 3.05) is 0 Å². The van der Waals surface area contributed by atoms with Crippen molar-refractivity contribution in [2.24, 2.45) is 0 Å². The molecule has 0 saturated carbocycles. The predicted molar refractivity (Wildman–Crippen MR) is 52.7 cm³/mol. The van der Waals surface area contributed by atoms with E-state index in [2.05, 4.69) is 33.4 Å². The van der Waals surface area contributed by atoms with Gasteiger partial charge in [-0.1, -0.05) is 43.6 Å². The quantitative estimate of drug-likeness (QED) is 0.411. The summed E-state index contributed by atoms with van der Waals surface area (Å²) >= 11 is 0. The van der Waals surface area contributed by atoms with E-state index in [0.29, 0.717) is 0 Å². The molecule has 0 bridgehead atoms. The maximum Gasteiger partial charge on any atom is -0.0117 e. The molecule has 0 aliphatic carbocycles. The second kappa shape index (κ2) is 6.21. The normalized spacial score (nSPS) is 11.7. The van der Waals surface area contributed by atoms with Gasteiger partial charge in [-0.2, -0.15) is 0 Å². The third-order valence-electron chi connectivity index (χ3n) is 1.63. The van der Waals surface area contributed by atoms with Gasteiger partial charge >= 0.3 is 0 Å². The predicted octanol–water partition coefficient (Wildman–Crippen LogP) is 4.09. The van der Waals surface area contributed by atoms with Crippen molar-refractivity contribution >= 4 is 0 Å². The Kier molecular flexibility index (Phi) is 5.91. The molecule has 0 aromatic rings. The summed E-state index contributed by atoms with van der Waals surface area (Å²) in [6.45, 7) is 10.4. The molecule has 0 heteroatoms. The first kappa shape index (κ1) is 10.5. The topological polar surface area (TPSA) is 0 Å². The Morgan fingerprint density at radius 2 is 2.00 bits per heavy atom. The highest BCUT2D eigenvalue weighted by molar-refractivity contribution is 5.08. The molecule has 0 heterocycles. The van der Waals surface area contributed by atoms with Crippen LogP contribution in [0.25, 0.3) is 0 Å². The third-order valence-corrected chi connectivity index (χ3v) is 1.63. The van der Waals surface area contributed by atoms with Gasteiger partial charge in [-0.05, 0) is 26.7 Å². The Morgan fingerprint density at radius 1 is 1.36 bits per heavy atom. The highest BCUT2D eigenvalue weighted by atomic mass is 14.0. The average Bonchev–Trinajstić information content (AvgIpc) is 1.86. The minimum Gasteiger partial charge on any atom is -0.0998 e. The Bertz CT molecular complexity index is 140. The minimum absolute atomic E-state index is 1.07. The summed E-state index contributed by atoms with van der Waals surface area (Å²) in [5.41, 5.74) is 2.72. The molecule has 0 nitrogen and oxygen atoms in total. The number of allylic oxidation sites excluding steroid dienone is 3. The first-order valence-electron chi connectivity index (χ1n) is 4.46. The Hall–Kier alpha value is -0.520. The van der Waals surface area contributed by atoms with Crippen LogP contribution in [0.2, 0.25) is 0 Å². The van der Waals surface area contributed by atoms with Gasteiger partial charge in [-0.25, -0.2) is 0 Å². The second-order valence-corrected chi connectivity index (χ2v) is 3.33. The van der Waals surface area contributed by atoms with E-state index >= 15 is 0 Å². The molecule has 11 heavy (non-hydrogen) atoms. The van der Waals surface area contributed by atoms with E-state index in [1.165, 1.54) is 30.4 Å². The van der Waals surface area contributed by atoms with Crippen LogP contribution in [0.1, 0.15) is 46.5 Å². The molecule has 0 N–H and O–H groups in total. The summed E-state index contributed by atoms with van der Waals surface area (Å²) in [5.74, 6) is 0. The molecule has 0 rings (SSSR count). The summed E-state index contributed by atoms with van der Waals surface area (Å²) in [6.07, 6.45) is 7.24. The van der Waals surface area contributed by atoms with Gasteiger partial charge in [-0.3, -0.25) is 0 Å². The van der Waals surface area contributed by atoms with Crippen LogP contribution in [-0.2, 0) is 0 Å². The van der Waals surface area contributed by atoms with E-state index in [4.69, 9.17) is 0 Å². The molecule has 64 valence electrons. The van der Waals surface area contributed by atoms with Crippen LogP contribution < -0.4 is 0 Å². The van der Waals surface area contributed by atoms with Crippen molar-refractivity contribution in [3.05, 3.63) is 23.8 Å². The summed E-state index contributed by atoms with van der Waals surface area (Å²) < 4.78 is 0. The smallest absolute Gasteiger partial charge is 0.0117 e. The Morgan fingerprint density at radius 3 is 2.45 bits per heavy atom. The zero-order valence-electron chi connectivity index (χ0n) is 8.11. The summed E-state index contributed by atoms with van der Waals surface area (Å²) in [5, 5.41) is 0. The van der Waals surface area contributed by atoms with Crippen LogP contribution in [0, 0.1) is 0 Å². The van der Waals surface area contributed by atoms with Gasteiger partial charge in [0, 0.05) is 0 Å². The van der Waals surface area contributed by atoms with Gasteiger partial charge < -0.3 is 0 Å². The maximum absolute atomic E-state index is 3.88. The molecular weight excluding hydrogens is 132 g/mol. The molecule has 0 fully saturated rings. The van der Waals surface area contributed by atoms with Gasteiger partial charge in [0.25, 0.3) is 0 Å². The van der Waals surface area contributed by atoms with Gasteiger partial charge in [0.1, 0.15) is 0 Å². The van der Waals surface area contributed by atoms with E-state index in [-0.39, 0.29) is 0 Å². The monoisotopic (exact) mass is 152 g/mol. The molecular formula is C11H20. The number of unbranched alkanes of at least 4 members (excludes halogenated alkanes) is 2. The van der Waals surface area contributed by atoms with E-state index in [9.17, 15) is 0 Å². The van der Waals surface area contributed by atoms with Crippen molar-refractivity contribution < 1.29 is 0 Å². The van der Waals surface area contributed by atoms with Crippen LogP contribution in [0.15, 0.2) is 23.8 Å². The molecule has 0 unspecified atom stereocenters. The van der Waals surface area contributed by atoms with Crippen molar-refractivity contribution in [3.8, 4) is 0 Å². The van der Waals surface area contributed by atoms with Gasteiger partial charge in [0.05, 0.1) is 0 Å². The fourth-order valence-electron chi connectivity index (χ4n) is 1.10. The average molecular weight is 152 g/mol. The fourth-order valence-corrected chi connectivity index (χ4v) is 1.10. The number of rotatable bonds is 5. The number of hydrogen-bond acceptors (Lipinski definition) is 0. The first-order chi connectivity index (χ1) is 5.16. The molecule has 0 saturated heterocycles. The van der Waals surface area contributed by atoms with Crippen LogP contribution in [-0.4, -0.2) is 0 Å². The number of hydrogen-bond donors (Lipinski definition) is 0. The van der Waals surface area contributed by atoms with E-state index in [1.807, 2.05) is 0 Å². The molecule has 0 spiro atoms. The second-order valence-electron chi connectivity index (χ2n) is 3.33. The van der Waals surface area contributed by atoms with E-state index in [0.717, 1.165) is 6.42 Å². The molecule has 0 aliphatic rings. The van der Waals surface area contributed by atoms with Crippen LogP contribution in [0.4, 0.5) is 0 Å². The first-order valence-corrected chi connectivity index (χ1v) is 4.46. The minimum atomic E-state index is 1.07. The fraction of sp³-hybridized carbons (Fsp3) is 0.636. The van der Waals surface area contributed by atoms with Crippen LogP contribution in [0.5, 0.6) is 0 Å². The van der Waals surface area contributed by atoms with Gasteiger partial charge in [0.2, 0.25) is 0 Å². The maximum atomic E-state index is 3.88. The Balaban J connectivity index is 3.54. The zero-order chi connectivity index (χ0) is 8.69. The third kappa shape index (κ3) is 7.38. The highest BCUT2D eigenvalue weighted by Crippen LogP contribution is 2.09. The van der Waals surface area contributed by atoms with Crippen molar-refractivity contribution in [2.45, 2.75) is 46.5 Å². The summed E-state index contributed by atoms with van der Waals surface area (Å²) in [7, 11) is 0. The van der Waals surface area contributed by atoms with Gasteiger partial charge in [-0.15, -0.1) is 0 Å². The molecule has 0 aliphatic heterocycles. The highest BCUT2D eigenvalue weighted by Gasteiger charge is 1.89. The largest absolute Gasteiger partial charge is 0.0998 e. The molecule has 0 atom stereocenters. The zero-order valence-corrected chi connectivity index (χ0v) is 8.11. The van der Waals surface area contributed by atoms with Crippen molar-refractivity contribution in [1.82, 2.24) is 0 Å². The van der Waals surface area contributed by atoms with Crippen molar-refractivity contribution in [3.63, 3.8) is 0 Å². The molecule has 0 aromatic carbocycles. The van der Waals surface area contributed by atoms with Gasteiger partial charge in [0.15, 0.2) is 0 Å². The lowest BCUT2D eigenvalue weighted by Crippen LogP contribution is -1.78. The lowest BCUT2D eigenvalue weighted by Gasteiger charge is -1.99. The standard InChI is InChI=1S/C11H20/c1-5-6-7-8-11(4)9-10(2)3/h8H,2,5-7,9H2,1,3-4H3/b11-8-. The Labute approximate surface area is 71.0 Å². The van der Waals surface area contributed by atoms with Crippen molar-refractivity contribution in [1.29, 1.82) is 0 Å². The lowest BCUT2D eigenvalue weighted by molar-refractivity contribution is 0.808. The van der Waals surface area contributed by atoms with Crippen LogP contribution >= 0.6 is 0 Å². The molecule has 0 aromatic heterocycles. The summed E-state index contributed by atoms with van der Waals surface area (Å²) in [6, 6.07) is 0. The molecule has 0 radical (unpaired) electrons. The molecule has 0 amide bonds. The van der Waals surface area contributed by atoms with E-state index < -0.39 is 0 Å².